The molecule has 1 rings (SSSR count). The minimum atomic E-state index is -5.56. The summed E-state index contributed by atoms with van der Waals surface area (Å²) in [6.07, 6.45) is -15.0. The maximum absolute atomic E-state index is 12.2. The highest BCUT2D eigenvalue weighted by molar-refractivity contribution is 14.1. The fraction of sp³-hybridized carbons (Fsp3) is 0.333. The van der Waals surface area contributed by atoms with Crippen molar-refractivity contribution >= 4 is 28.3 Å². The van der Waals surface area contributed by atoms with Gasteiger partial charge >= 0.3 is 12.4 Å². The normalized spacial score (nSPS) is 12.9. The minimum Gasteiger partial charge on any atom is -0.469 e. The summed E-state index contributed by atoms with van der Waals surface area (Å²) in [7, 11) is 0. The smallest absolute Gasteiger partial charge is 0.434 e. The van der Waals surface area contributed by atoms with E-state index in [1.807, 2.05) is 22.6 Å². The van der Waals surface area contributed by atoms with Crippen molar-refractivity contribution < 1.29 is 31.1 Å². The molecule has 1 aromatic carbocycles. The van der Waals surface area contributed by atoms with Crippen LogP contribution in [0.1, 0.15) is 0 Å². The van der Waals surface area contributed by atoms with Crippen LogP contribution in [0, 0.1) is 3.57 Å². The number of benzene rings is 1. The number of halogens is 7. The molecule has 0 radical (unpaired) electrons. The Morgan fingerprint density at radius 3 is 1.94 bits per heavy atom. The van der Waals surface area contributed by atoms with Crippen molar-refractivity contribution in [2.45, 2.75) is 18.5 Å². The molecular formula is C9H6F6INO. The largest absolute Gasteiger partial charge is 0.469 e. The molecular weight excluding hydrogens is 379 g/mol. The van der Waals surface area contributed by atoms with Crippen LogP contribution in [0.2, 0.25) is 0 Å². The Kier molecular flexibility index (Phi) is 4.23. The van der Waals surface area contributed by atoms with E-state index in [9.17, 15) is 26.3 Å². The third-order valence-electron chi connectivity index (χ3n) is 1.81. The van der Waals surface area contributed by atoms with E-state index >= 15 is 0 Å². The van der Waals surface area contributed by atoms with E-state index in [2.05, 4.69) is 4.74 Å². The molecule has 0 unspecified atom stereocenters. The predicted molar refractivity (Wildman–Crippen MR) is 60.1 cm³/mol. The van der Waals surface area contributed by atoms with Crippen molar-refractivity contribution in [2.24, 2.45) is 0 Å². The van der Waals surface area contributed by atoms with Crippen LogP contribution in [-0.4, -0.2) is 18.5 Å². The average molecular weight is 385 g/mol. The van der Waals surface area contributed by atoms with Crippen LogP contribution in [0.5, 0.6) is 5.75 Å². The van der Waals surface area contributed by atoms with Crippen molar-refractivity contribution in [2.75, 3.05) is 5.73 Å². The highest BCUT2D eigenvalue weighted by atomic mass is 127. The molecule has 0 spiro atoms. The Balaban J connectivity index is 3.05. The number of nitrogens with two attached hydrogens (primary N) is 1. The summed E-state index contributed by atoms with van der Waals surface area (Å²) in [4.78, 5) is 0. The molecule has 18 heavy (non-hydrogen) atoms. The van der Waals surface area contributed by atoms with Crippen molar-refractivity contribution in [1.29, 1.82) is 0 Å². The first-order valence-electron chi connectivity index (χ1n) is 4.37. The van der Waals surface area contributed by atoms with Crippen LogP contribution in [0.3, 0.4) is 0 Å². The molecule has 0 aliphatic rings. The summed E-state index contributed by atoms with van der Waals surface area (Å²) in [6, 6.07) is 3.46. The Bertz CT molecular complexity index is 416. The Labute approximate surface area is 111 Å². The summed E-state index contributed by atoms with van der Waals surface area (Å²) in [5, 5.41) is 0. The minimum absolute atomic E-state index is 0.291. The number of hydrogen-bond donors (Lipinski definition) is 1. The molecule has 2 N–H and O–H groups in total. The Morgan fingerprint density at radius 2 is 1.56 bits per heavy atom. The van der Waals surface area contributed by atoms with E-state index in [1.165, 1.54) is 12.1 Å². The SMILES string of the molecule is Nc1cc(I)ccc1OC(C(F)(F)F)C(F)(F)F. The molecule has 0 fully saturated rings. The number of rotatable bonds is 2. The molecule has 0 saturated heterocycles. The number of hydrogen-bond acceptors (Lipinski definition) is 2. The van der Waals surface area contributed by atoms with E-state index in [1.54, 1.807) is 0 Å². The van der Waals surface area contributed by atoms with Crippen LogP contribution in [0.15, 0.2) is 18.2 Å². The van der Waals surface area contributed by atoms with Crippen LogP contribution < -0.4 is 10.5 Å². The topological polar surface area (TPSA) is 35.2 Å². The van der Waals surface area contributed by atoms with Gasteiger partial charge in [0.25, 0.3) is 6.10 Å². The van der Waals surface area contributed by atoms with Gasteiger partial charge in [0.15, 0.2) is 0 Å². The molecule has 0 aliphatic heterocycles. The monoisotopic (exact) mass is 385 g/mol. The maximum atomic E-state index is 12.2. The van der Waals surface area contributed by atoms with Gasteiger partial charge in [0.1, 0.15) is 5.75 Å². The summed E-state index contributed by atoms with van der Waals surface area (Å²) in [6.45, 7) is 0. The van der Waals surface area contributed by atoms with E-state index in [0.717, 1.165) is 6.07 Å². The summed E-state index contributed by atoms with van der Waals surface area (Å²) >= 11 is 1.81. The van der Waals surface area contributed by atoms with Gasteiger partial charge in [0, 0.05) is 3.57 Å². The maximum Gasteiger partial charge on any atom is 0.434 e. The molecule has 102 valence electrons. The van der Waals surface area contributed by atoms with E-state index in [0.29, 0.717) is 3.57 Å². The van der Waals surface area contributed by atoms with Crippen molar-refractivity contribution in [3.8, 4) is 5.75 Å². The number of alkyl halides is 6. The third-order valence-corrected chi connectivity index (χ3v) is 2.48. The molecule has 2 nitrogen and oxygen atoms in total. The van der Waals surface area contributed by atoms with Gasteiger partial charge in [-0.2, -0.15) is 26.3 Å². The Morgan fingerprint density at radius 1 is 1.06 bits per heavy atom. The number of anilines is 1. The van der Waals surface area contributed by atoms with Crippen molar-refractivity contribution in [3.63, 3.8) is 0 Å². The second-order valence-corrected chi connectivity index (χ2v) is 4.51. The zero-order valence-electron chi connectivity index (χ0n) is 8.44. The van der Waals surface area contributed by atoms with Gasteiger partial charge < -0.3 is 10.5 Å². The first-order valence-corrected chi connectivity index (χ1v) is 5.45. The zero-order valence-corrected chi connectivity index (χ0v) is 10.6. The van der Waals surface area contributed by atoms with Crippen molar-refractivity contribution in [1.82, 2.24) is 0 Å². The van der Waals surface area contributed by atoms with Gasteiger partial charge in [-0.1, -0.05) is 0 Å². The first-order chi connectivity index (χ1) is 8.01. The van der Waals surface area contributed by atoms with Gasteiger partial charge in [-0.25, -0.2) is 0 Å². The molecule has 0 heterocycles. The molecule has 1 aromatic rings. The fourth-order valence-corrected chi connectivity index (χ4v) is 1.59. The second kappa shape index (κ2) is 5.02. The van der Waals surface area contributed by atoms with E-state index in [-0.39, 0.29) is 5.69 Å². The van der Waals surface area contributed by atoms with Crippen LogP contribution in [-0.2, 0) is 0 Å². The van der Waals surface area contributed by atoms with Gasteiger partial charge in [-0.3, -0.25) is 0 Å². The van der Waals surface area contributed by atoms with E-state index < -0.39 is 24.2 Å². The van der Waals surface area contributed by atoms with E-state index in [4.69, 9.17) is 5.73 Å². The van der Waals surface area contributed by atoms with Crippen molar-refractivity contribution in [3.05, 3.63) is 21.8 Å². The number of nitrogen functional groups attached to an aromatic ring is 1. The molecule has 0 aromatic heterocycles. The number of ether oxygens (including phenoxy) is 1. The molecule has 0 amide bonds. The fourth-order valence-electron chi connectivity index (χ4n) is 1.07. The van der Waals surface area contributed by atoms with Gasteiger partial charge in [0.2, 0.25) is 0 Å². The highest BCUT2D eigenvalue weighted by Crippen LogP contribution is 2.38. The lowest BCUT2D eigenvalue weighted by Crippen LogP contribution is -2.46. The third kappa shape index (κ3) is 3.82. The van der Waals surface area contributed by atoms with Crippen LogP contribution >= 0.6 is 22.6 Å². The quantitative estimate of drug-likeness (QED) is 0.478. The first kappa shape index (κ1) is 15.2. The van der Waals surface area contributed by atoms with Gasteiger partial charge in [0.05, 0.1) is 5.69 Å². The van der Waals surface area contributed by atoms with Crippen LogP contribution in [0.25, 0.3) is 0 Å². The molecule has 9 heteroatoms. The second-order valence-electron chi connectivity index (χ2n) is 3.26. The lowest BCUT2D eigenvalue weighted by Gasteiger charge is -2.24. The average Bonchev–Trinajstić information content (AvgIpc) is 2.12. The highest BCUT2D eigenvalue weighted by Gasteiger charge is 2.59. The summed E-state index contributed by atoms with van der Waals surface area (Å²) < 4.78 is 77.9. The van der Waals surface area contributed by atoms with Gasteiger partial charge in [-0.15, -0.1) is 0 Å². The predicted octanol–water partition coefficient (Wildman–Crippen LogP) is 3.75. The molecule has 0 atom stereocenters. The van der Waals surface area contributed by atoms with Gasteiger partial charge in [-0.05, 0) is 40.8 Å². The molecule has 0 bridgehead atoms. The van der Waals surface area contributed by atoms with Crippen LogP contribution in [0.4, 0.5) is 32.0 Å². The molecule has 0 saturated carbocycles. The zero-order chi connectivity index (χ0) is 14.1. The molecule has 0 aliphatic carbocycles. The standard InChI is InChI=1S/C9H6F6INO/c10-8(11,12)7(9(13,14)15)18-6-2-1-4(16)3-5(6)17/h1-3,7H,17H2. The lowest BCUT2D eigenvalue weighted by molar-refractivity contribution is -0.299. The summed E-state index contributed by atoms with van der Waals surface area (Å²) in [5.74, 6) is -0.657. The lowest BCUT2D eigenvalue weighted by atomic mass is 10.3. The summed E-state index contributed by atoms with van der Waals surface area (Å²) in [5.41, 5.74) is 5.00. The Hall–Kier alpha value is -0.870.